The number of carbonyl (C=O) groups is 1. The Kier molecular flexibility index (Phi) is 3.41. The molecule has 6 heteroatoms. The quantitative estimate of drug-likeness (QED) is 0.439. The standard InChI is InChI=1S/C11H8BrCl3O2/c1-10(5-11(10,14)15)9(16)17-8-3-2-6(12)4-7(8)13/h2-4H,5H2,1H3. The summed E-state index contributed by atoms with van der Waals surface area (Å²) in [6.07, 6.45) is 0.385. The van der Waals surface area contributed by atoms with Gasteiger partial charge in [-0.1, -0.05) is 27.5 Å². The van der Waals surface area contributed by atoms with Gasteiger partial charge in [0.1, 0.15) is 15.5 Å². The van der Waals surface area contributed by atoms with Gasteiger partial charge in [-0.15, -0.1) is 23.2 Å². The summed E-state index contributed by atoms with van der Waals surface area (Å²) in [4.78, 5) is 11.9. The molecule has 1 aliphatic rings. The number of halogens is 4. The van der Waals surface area contributed by atoms with E-state index in [4.69, 9.17) is 39.5 Å². The zero-order valence-corrected chi connectivity index (χ0v) is 12.6. The van der Waals surface area contributed by atoms with Crippen molar-refractivity contribution < 1.29 is 9.53 Å². The van der Waals surface area contributed by atoms with E-state index < -0.39 is 15.7 Å². The highest BCUT2D eigenvalue weighted by atomic mass is 79.9. The maximum atomic E-state index is 11.9. The summed E-state index contributed by atoms with van der Waals surface area (Å²) in [5.74, 6) is -0.163. The van der Waals surface area contributed by atoms with E-state index in [1.807, 2.05) is 0 Å². The Hall–Kier alpha value is 0.0400. The molecule has 0 aromatic heterocycles. The van der Waals surface area contributed by atoms with Crippen LogP contribution in [0.4, 0.5) is 0 Å². The van der Waals surface area contributed by atoms with Crippen LogP contribution in [-0.2, 0) is 4.79 Å². The van der Waals surface area contributed by atoms with E-state index in [9.17, 15) is 4.79 Å². The molecule has 1 unspecified atom stereocenters. The molecular formula is C11H8BrCl3O2. The normalized spacial score (nSPS) is 25.5. The second-order valence-electron chi connectivity index (χ2n) is 4.18. The van der Waals surface area contributed by atoms with Crippen LogP contribution in [-0.4, -0.2) is 10.3 Å². The largest absolute Gasteiger partial charge is 0.424 e. The van der Waals surface area contributed by atoms with Crippen LogP contribution in [0.3, 0.4) is 0 Å². The second kappa shape index (κ2) is 4.30. The Morgan fingerprint density at radius 2 is 2.06 bits per heavy atom. The maximum absolute atomic E-state index is 11.9. The maximum Gasteiger partial charge on any atom is 0.320 e. The number of hydrogen-bond acceptors (Lipinski definition) is 2. The van der Waals surface area contributed by atoms with Crippen LogP contribution in [0.25, 0.3) is 0 Å². The first-order valence-electron chi connectivity index (χ1n) is 4.81. The molecule has 2 nitrogen and oxygen atoms in total. The fourth-order valence-electron chi connectivity index (χ4n) is 1.39. The molecule has 1 aromatic rings. The van der Waals surface area contributed by atoms with Crippen LogP contribution in [0.2, 0.25) is 5.02 Å². The molecular weight excluding hydrogens is 350 g/mol. The number of benzene rings is 1. The number of rotatable bonds is 2. The molecule has 1 saturated carbocycles. The van der Waals surface area contributed by atoms with Gasteiger partial charge in [0.15, 0.2) is 0 Å². The van der Waals surface area contributed by atoms with Gasteiger partial charge in [0, 0.05) is 10.9 Å². The third kappa shape index (κ3) is 2.43. The van der Waals surface area contributed by atoms with E-state index in [1.54, 1.807) is 25.1 Å². The predicted molar refractivity (Wildman–Crippen MR) is 71.9 cm³/mol. The van der Waals surface area contributed by atoms with E-state index in [2.05, 4.69) is 15.9 Å². The zero-order chi connectivity index (χ0) is 12.8. The molecule has 1 aliphatic carbocycles. The molecule has 17 heavy (non-hydrogen) atoms. The third-order valence-electron chi connectivity index (χ3n) is 2.80. The SMILES string of the molecule is CC1(C(=O)Oc2ccc(Br)cc2Cl)CC1(Cl)Cl. The Morgan fingerprint density at radius 3 is 2.53 bits per heavy atom. The Morgan fingerprint density at radius 1 is 1.47 bits per heavy atom. The van der Waals surface area contributed by atoms with Crippen LogP contribution in [0.15, 0.2) is 22.7 Å². The summed E-state index contributed by atoms with van der Waals surface area (Å²) in [5.41, 5.74) is -0.855. The van der Waals surface area contributed by atoms with Crippen molar-refractivity contribution in [2.75, 3.05) is 0 Å². The summed E-state index contributed by atoms with van der Waals surface area (Å²) < 4.78 is 4.98. The smallest absolute Gasteiger partial charge is 0.320 e. The molecule has 0 spiro atoms. The first-order chi connectivity index (χ1) is 7.76. The summed E-state index contributed by atoms with van der Waals surface area (Å²) in [7, 11) is 0. The molecule has 0 aliphatic heterocycles. The number of alkyl halides is 2. The summed E-state index contributed by atoms with van der Waals surface area (Å²) in [6.45, 7) is 1.67. The van der Waals surface area contributed by atoms with Gasteiger partial charge in [-0.3, -0.25) is 4.79 Å². The van der Waals surface area contributed by atoms with Crippen LogP contribution >= 0.6 is 50.7 Å². The summed E-state index contributed by atoms with van der Waals surface area (Å²) in [5, 5.41) is 0.353. The van der Waals surface area contributed by atoms with Crippen LogP contribution < -0.4 is 4.74 Å². The van der Waals surface area contributed by atoms with Crippen molar-refractivity contribution in [3.05, 3.63) is 27.7 Å². The lowest BCUT2D eigenvalue weighted by Crippen LogP contribution is -2.23. The van der Waals surface area contributed by atoms with E-state index in [0.717, 1.165) is 4.47 Å². The van der Waals surface area contributed by atoms with Crippen molar-refractivity contribution in [2.45, 2.75) is 17.7 Å². The van der Waals surface area contributed by atoms with Crippen molar-refractivity contribution in [3.63, 3.8) is 0 Å². The van der Waals surface area contributed by atoms with Crippen LogP contribution in [0.5, 0.6) is 5.75 Å². The topological polar surface area (TPSA) is 26.3 Å². The number of hydrogen-bond donors (Lipinski definition) is 0. The molecule has 0 amide bonds. The minimum atomic E-state index is -1.04. The molecule has 0 heterocycles. The van der Waals surface area contributed by atoms with Gasteiger partial charge in [-0.25, -0.2) is 0 Å². The summed E-state index contributed by atoms with van der Waals surface area (Å²) in [6, 6.07) is 4.99. The highest BCUT2D eigenvalue weighted by Crippen LogP contribution is 2.64. The molecule has 0 N–H and O–H groups in total. The molecule has 0 radical (unpaired) electrons. The monoisotopic (exact) mass is 356 g/mol. The molecule has 92 valence electrons. The lowest BCUT2D eigenvalue weighted by Gasteiger charge is -2.12. The van der Waals surface area contributed by atoms with Crippen LogP contribution in [0, 0.1) is 5.41 Å². The predicted octanol–water partition coefficient (Wildman–Crippen LogP) is 4.59. The Balaban J connectivity index is 2.15. The minimum Gasteiger partial charge on any atom is -0.424 e. The van der Waals surface area contributed by atoms with Crippen molar-refractivity contribution in [2.24, 2.45) is 5.41 Å². The van der Waals surface area contributed by atoms with Gasteiger partial charge in [0.2, 0.25) is 0 Å². The number of ether oxygens (including phenoxy) is 1. The molecule has 0 saturated heterocycles. The van der Waals surface area contributed by atoms with Gasteiger partial charge in [0.05, 0.1) is 5.02 Å². The molecule has 1 fully saturated rings. The van der Waals surface area contributed by atoms with Gasteiger partial charge in [0.25, 0.3) is 0 Å². The fourth-order valence-corrected chi connectivity index (χ4v) is 2.79. The fraction of sp³-hybridized carbons (Fsp3) is 0.364. The van der Waals surface area contributed by atoms with E-state index >= 15 is 0 Å². The Bertz CT molecular complexity index is 490. The second-order valence-corrected chi connectivity index (χ2v) is 6.98. The van der Waals surface area contributed by atoms with E-state index in [0.29, 0.717) is 17.2 Å². The molecule has 0 bridgehead atoms. The molecule has 2 rings (SSSR count). The first kappa shape index (κ1) is 13.5. The third-order valence-corrected chi connectivity index (χ3v) is 4.70. The van der Waals surface area contributed by atoms with Gasteiger partial charge < -0.3 is 4.74 Å². The number of esters is 1. The van der Waals surface area contributed by atoms with Crippen molar-refractivity contribution in [3.8, 4) is 5.75 Å². The average molecular weight is 358 g/mol. The van der Waals surface area contributed by atoms with Gasteiger partial charge >= 0.3 is 5.97 Å². The van der Waals surface area contributed by atoms with Crippen molar-refractivity contribution >= 4 is 56.7 Å². The van der Waals surface area contributed by atoms with Crippen molar-refractivity contribution in [1.29, 1.82) is 0 Å². The molecule has 1 atom stereocenters. The van der Waals surface area contributed by atoms with E-state index in [1.165, 1.54) is 0 Å². The highest BCUT2D eigenvalue weighted by Gasteiger charge is 2.69. The lowest BCUT2D eigenvalue weighted by atomic mass is 10.1. The van der Waals surface area contributed by atoms with Gasteiger partial charge in [-0.05, 0) is 25.1 Å². The van der Waals surface area contributed by atoms with Crippen molar-refractivity contribution in [1.82, 2.24) is 0 Å². The van der Waals surface area contributed by atoms with Gasteiger partial charge in [-0.2, -0.15) is 0 Å². The summed E-state index contributed by atoms with van der Waals surface area (Å²) >= 11 is 21.0. The number of carbonyl (C=O) groups excluding carboxylic acids is 1. The van der Waals surface area contributed by atoms with E-state index in [-0.39, 0.29) is 0 Å². The Labute approximate surface area is 122 Å². The minimum absolute atomic E-state index is 0.303. The first-order valence-corrected chi connectivity index (χ1v) is 6.74. The molecule has 1 aromatic carbocycles. The highest BCUT2D eigenvalue weighted by molar-refractivity contribution is 9.10. The zero-order valence-electron chi connectivity index (χ0n) is 8.77. The average Bonchev–Trinajstić information content (AvgIpc) is 2.72. The van der Waals surface area contributed by atoms with Crippen LogP contribution in [0.1, 0.15) is 13.3 Å². The lowest BCUT2D eigenvalue weighted by molar-refractivity contribution is -0.139.